The molecule has 0 N–H and O–H groups in total. The van der Waals surface area contributed by atoms with Crippen molar-refractivity contribution in [1.82, 2.24) is 9.80 Å². The summed E-state index contributed by atoms with van der Waals surface area (Å²) in [5, 5.41) is 0. The average Bonchev–Trinajstić information content (AvgIpc) is 2.83. The molecule has 0 radical (unpaired) electrons. The van der Waals surface area contributed by atoms with E-state index in [1.54, 1.807) is 12.1 Å². The minimum absolute atomic E-state index is 0.107. The van der Waals surface area contributed by atoms with Crippen molar-refractivity contribution in [2.45, 2.75) is 39.5 Å². The summed E-state index contributed by atoms with van der Waals surface area (Å²) in [4.78, 5) is 17.1. The van der Waals surface area contributed by atoms with Crippen LogP contribution in [0.15, 0.2) is 48.0 Å². The van der Waals surface area contributed by atoms with E-state index in [0.29, 0.717) is 13.2 Å². The number of amides is 1. The number of carbonyl (C=O) groups excluding carboxylic acids is 1. The number of benzene rings is 2. The minimum atomic E-state index is -0.264. The Morgan fingerprint density at radius 2 is 1.76 bits per heavy atom. The van der Waals surface area contributed by atoms with Gasteiger partial charge in [0.2, 0.25) is 5.91 Å². The maximum atomic E-state index is 13.1. The molecule has 0 aromatic heterocycles. The molecule has 2 aromatic carbocycles. The molecule has 0 unspecified atom stereocenters. The molecular weight excluding hydrogens is 431 g/mol. The zero-order valence-corrected chi connectivity index (χ0v) is 20.7. The topological polar surface area (TPSA) is 42.0 Å². The van der Waals surface area contributed by atoms with E-state index in [1.807, 2.05) is 30.9 Å². The molecule has 0 spiro atoms. The second kappa shape index (κ2) is 13.1. The molecule has 0 saturated carbocycles. The van der Waals surface area contributed by atoms with E-state index in [-0.39, 0.29) is 11.7 Å². The lowest BCUT2D eigenvalue weighted by Gasteiger charge is -2.29. The van der Waals surface area contributed by atoms with Crippen molar-refractivity contribution < 1.29 is 18.7 Å². The number of ether oxygens (including phenoxy) is 2. The monoisotopic (exact) mass is 468 g/mol. The van der Waals surface area contributed by atoms with Crippen molar-refractivity contribution in [2.24, 2.45) is 0 Å². The van der Waals surface area contributed by atoms with Gasteiger partial charge in [-0.3, -0.25) is 4.79 Å². The maximum absolute atomic E-state index is 13.1. The molecular formula is C28H37FN2O3. The Kier molecular flexibility index (Phi) is 9.95. The number of likely N-dealkylation sites (N-methyl/N-ethyl adjacent to an activating group) is 1. The Morgan fingerprint density at radius 1 is 1.03 bits per heavy atom. The molecule has 184 valence electrons. The van der Waals surface area contributed by atoms with Crippen molar-refractivity contribution in [1.29, 1.82) is 0 Å². The minimum Gasteiger partial charge on any atom is -0.490 e. The standard InChI is InChI=1S/C28H37FN2O3/c1-4-33-26-14-11-23(21-27(26)34-5-2)15-19-30(3)16-7-18-31-17-6-8-24(28(31)32)20-22-9-12-25(29)13-10-22/h9-14,20-21H,4-8,15-19H2,1-3H3/b24-20+. The van der Waals surface area contributed by atoms with Gasteiger partial charge in [-0.05, 0) is 94.6 Å². The molecule has 0 aliphatic carbocycles. The average molecular weight is 469 g/mol. The lowest BCUT2D eigenvalue weighted by Crippen LogP contribution is -2.38. The molecule has 1 aliphatic heterocycles. The van der Waals surface area contributed by atoms with Gasteiger partial charge in [0.25, 0.3) is 0 Å². The third-order valence-electron chi connectivity index (χ3n) is 6.00. The van der Waals surface area contributed by atoms with E-state index in [9.17, 15) is 9.18 Å². The van der Waals surface area contributed by atoms with Gasteiger partial charge in [-0.1, -0.05) is 18.2 Å². The fourth-order valence-electron chi connectivity index (χ4n) is 4.19. The molecule has 3 rings (SSSR count). The molecule has 1 heterocycles. The molecule has 0 atom stereocenters. The van der Waals surface area contributed by atoms with Crippen molar-refractivity contribution in [3.63, 3.8) is 0 Å². The highest BCUT2D eigenvalue weighted by Gasteiger charge is 2.22. The summed E-state index contributed by atoms with van der Waals surface area (Å²) in [7, 11) is 2.12. The molecule has 5 nitrogen and oxygen atoms in total. The van der Waals surface area contributed by atoms with Gasteiger partial charge in [-0.2, -0.15) is 0 Å². The summed E-state index contributed by atoms with van der Waals surface area (Å²) >= 11 is 0. The Hall–Kier alpha value is -2.86. The predicted octanol–water partition coefficient (Wildman–Crippen LogP) is 5.19. The molecule has 6 heteroatoms. The van der Waals surface area contributed by atoms with E-state index >= 15 is 0 Å². The molecule has 1 saturated heterocycles. The van der Waals surface area contributed by atoms with E-state index in [1.165, 1.54) is 17.7 Å². The van der Waals surface area contributed by atoms with Crippen LogP contribution in [0.2, 0.25) is 0 Å². The van der Waals surface area contributed by atoms with Crippen LogP contribution in [0.3, 0.4) is 0 Å². The maximum Gasteiger partial charge on any atom is 0.249 e. The summed E-state index contributed by atoms with van der Waals surface area (Å²) in [6.45, 7) is 8.59. The lowest BCUT2D eigenvalue weighted by molar-refractivity contribution is -0.128. The number of halogens is 1. The second-order valence-corrected chi connectivity index (χ2v) is 8.67. The number of nitrogens with zero attached hydrogens (tertiary/aromatic N) is 2. The highest BCUT2D eigenvalue weighted by molar-refractivity contribution is 5.98. The summed E-state index contributed by atoms with van der Waals surface area (Å²) in [5.41, 5.74) is 2.90. The van der Waals surface area contributed by atoms with Crippen molar-refractivity contribution >= 4 is 12.0 Å². The number of hydrogen-bond donors (Lipinski definition) is 0. The number of piperidine rings is 1. The van der Waals surface area contributed by atoms with Gasteiger partial charge in [0.1, 0.15) is 5.82 Å². The third-order valence-corrected chi connectivity index (χ3v) is 6.00. The van der Waals surface area contributed by atoms with E-state index in [4.69, 9.17) is 9.47 Å². The van der Waals surface area contributed by atoms with Crippen LogP contribution in [-0.2, 0) is 11.2 Å². The molecule has 0 bridgehead atoms. The SMILES string of the molecule is CCOc1ccc(CCN(C)CCCN2CCC/C(=C\c3ccc(F)cc3)C2=O)cc1OCC. The van der Waals surface area contributed by atoms with Gasteiger partial charge in [0, 0.05) is 25.2 Å². The predicted molar refractivity (Wildman–Crippen MR) is 135 cm³/mol. The van der Waals surface area contributed by atoms with Crippen LogP contribution in [0, 0.1) is 5.82 Å². The Balaban J connectivity index is 1.45. The first-order chi connectivity index (χ1) is 16.5. The van der Waals surface area contributed by atoms with Crippen LogP contribution in [0.4, 0.5) is 4.39 Å². The molecule has 2 aromatic rings. The van der Waals surface area contributed by atoms with Gasteiger partial charge in [0.05, 0.1) is 13.2 Å². The van der Waals surface area contributed by atoms with Crippen LogP contribution >= 0.6 is 0 Å². The Bertz CT molecular complexity index is 959. The molecule has 34 heavy (non-hydrogen) atoms. The summed E-state index contributed by atoms with van der Waals surface area (Å²) in [6, 6.07) is 12.4. The van der Waals surface area contributed by atoms with Crippen LogP contribution in [0.1, 0.15) is 44.2 Å². The number of rotatable bonds is 12. The van der Waals surface area contributed by atoms with E-state index < -0.39 is 0 Å². The fraction of sp³-hybridized carbons (Fsp3) is 0.464. The zero-order chi connectivity index (χ0) is 24.3. The highest BCUT2D eigenvalue weighted by Crippen LogP contribution is 2.28. The number of likely N-dealkylation sites (tertiary alicyclic amines) is 1. The first-order valence-corrected chi connectivity index (χ1v) is 12.3. The Morgan fingerprint density at radius 3 is 2.50 bits per heavy atom. The zero-order valence-electron chi connectivity index (χ0n) is 20.7. The van der Waals surface area contributed by atoms with Gasteiger partial charge in [-0.25, -0.2) is 4.39 Å². The van der Waals surface area contributed by atoms with Crippen LogP contribution in [-0.4, -0.2) is 62.1 Å². The summed E-state index contributed by atoms with van der Waals surface area (Å²) in [5.74, 6) is 1.44. The first kappa shape index (κ1) is 25.8. The highest BCUT2D eigenvalue weighted by atomic mass is 19.1. The summed E-state index contributed by atoms with van der Waals surface area (Å²) in [6.07, 6.45) is 5.50. The normalized spacial score (nSPS) is 15.3. The van der Waals surface area contributed by atoms with Crippen molar-refractivity contribution in [2.75, 3.05) is 46.4 Å². The lowest BCUT2D eigenvalue weighted by atomic mass is 10.0. The third kappa shape index (κ3) is 7.59. The Labute approximate surface area is 203 Å². The van der Waals surface area contributed by atoms with Gasteiger partial charge >= 0.3 is 0 Å². The number of hydrogen-bond acceptors (Lipinski definition) is 4. The quantitative estimate of drug-likeness (QED) is 0.402. The van der Waals surface area contributed by atoms with Crippen LogP contribution in [0.25, 0.3) is 6.08 Å². The van der Waals surface area contributed by atoms with Crippen molar-refractivity contribution in [3.8, 4) is 11.5 Å². The summed E-state index contributed by atoms with van der Waals surface area (Å²) < 4.78 is 24.5. The molecule has 1 fully saturated rings. The molecule has 1 aliphatic rings. The van der Waals surface area contributed by atoms with Gasteiger partial charge in [-0.15, -0.1) is 0 Å². The van der Waals surface area contributed by atoms with Crippen LogP contribution < -0.4 is 9.47 Å². The van der Waals surface area contributed by atoms with Crippen molar-refractivity contribution in [3.05, 3.63) is 65.0 Å². The van der Waals surface area contributed by atoms with Gasteiger partial charge in [0.15, 0.2) is 11.5 Å². The van der Waals surface area contributed by atoms with Crippen LogP contribution in [0.5, 0.6) is 11.5 Å². The largest absolute Gasteiger partial charge is 0.490 e. The smallest absolute Gasteiger partial charge is 0.249 e. The van der Waals surface area contributed by atoms with Gasteiger partial charge < -0.3 is 19.3 Å². The number of carbonyl (C=O) groups is 1. The second-order valence-electron chi connectivity index (χ2n) is 8.67. The fourth-order valence-corrected chi connectivity index (χ4v) is 4.19. The van der Waals surface area contributed by atoms with E-state index in [0.717, 1.165) is 74.5 Å². The van der Waals surface area contributed by atoms with E-state index in [2.05, 4.69) is 24.1 Å². The first-order valence-electron chi connectivity index (χ1n) is 12.3. The molecule has 1 amide bonds.